The Balaban J connectivity index is 1.21. The van der Waals surface area contributed by atoms with Gasteiger partial charge in [-0.3, -0.25) is 14.5 Å². The molecule has 0 aromatic heterocycles. The zero-order valence-electron chi connectivity index (χ0n) is 18.3. The third kappa shape index (κ3) is 5.16. The number of esters is 1. The van der Waals surface area contributed by atoms with E-state index < -0.39 is 0 Å². The highest BCUT2D eigenvalue weighted by Gasteiger charge is 2.50. The first-order chi connectivity index (χ1) is 15.0. The normalized spacial score (nSPS) is 23.9. The number of benzene rings is 1. The number of nitrogens with zero attached hydrogens (tertiary/aromatic N) is 3. The molecule has 1 aromatic carbocycles. The van der Waals surface area contributed by atoms with Crippen molar-refractivity contribution < 1.29 is 14.3 Å². The summed E-state index contributed by atoms with van der Waals surface area (Å²) in [5, 5.41) is 3.68. The van der Waals surface area contributed by atoms with Crippen LogP contribution in [0.3, 0.4) is 0 Å². The Hall–Kier alpha value is -1.83. The number of anilines is 1. The molecule has 1 aromatic rings. The first-order valence-corrected chi connectivity index (χ1v) is 11.7. The van der Waals surface area contributed by atoms with Crippen LogP contribution in [0, 0.1) is 5.41 Å². The van der Waals surface area contributed by atoms with Crippen LogP contribution in [-0.4, -0.2) is 87.2 Å². The van der Waals surface area contributed by atoms with E-state index in [1.54, 1.807) is 7.05 Å². The van der Waals surface area contributed by atoms with Gasteiger partial charge in [0.05, 0.1) is 12.0 Å². The van der Waals surface area contributed by atoms with Crippen molar-refractivity contribution in [3.63, 3.8) is 0 Å². The van der Waals surface area contributed by atoms with Crippen molar-refractivity contribution in [1.29, 1.82) is 0 Å². The molecule has 1 atom stereocenters. The van der Waals surface area contributed by atoms with Gasteiger partial charge in [-0.1, -0.05) is 17.7 Å². The van der Waals surface area contributed by atoms with E-state index in [1.165, 1.54) is 5.69 Å². The molecule has 0 unspecified atom stereocenters. The number of carbonyl (C=O) groups is 2. The first kappa shape index (κ1) is 22.4. The molecule has 0 bridgehead atoms. The van der Waals surface area contributed by atoms with Gasteiger partial charge in [0, 0.05) is 62.9 Å². The number of ether oxygens (including phenoxy) is 1. The molecule has 3 aliphatic rings. The molecule has 1 spiro atoms. The lowest BCUT2D eigenvalue weighted by Gasteiger charge is -2.37. The van der Waals surface area contributed by atoms with Crippen molar-refractivity contribution in [2.45, 2.75) is 31.8 Å². The van der Waals surface area contributed by atoms with Gasteiger partial charge in [0.25, 0.3) is 0 Å². The fourth-order valence-corrected chi connectivity index (χ4v) is 5.27. The highest BCUT2D eigenvalue weighted by atomic mass is 35.5. The number of halogens is 1. The highest BCUT2D eigenvalue weighted by Crippen LogP contribution is 2.43. The molecule has 1 N–H and O–H groups in total. The van der Waals surface area contributed by atoms with E-state index in [0.29, 0.717) is 19.6 Å². The summed E-state index contributed by atoms with van der Waals surface area (Å²) in [5.41, 5.74) is 0.796. The van der Waals surface area contributed by atoms with Crippen LogP contribution in [0.2, 0.25) is 5.02 Å². The average molecular weight is 449 g/mol. The van der Waals surface area contributed by atoms with Crippen LogP contribution in [0.25, 0.3) is 0 Å². The molecule has 3 saturated heterocycles. The summed E-state index contributed by atoms with van der Waals surface area (Å²) >= 11 is 6.13. The van der Waals surface area contributed by atoms with Gasteiger partial charge >= 0.3 is 5.97 Å². The summed E-state index contributed by atoms with van der Waals surface area (Å²) in [7, 11) is 1.78. The predicted molar refractivity (Wildman–Crippen MR) is 121 cm³/mol. The molecule has 0 aliphatic carbocycles. The largest absolute Gasteiger partial charge is 0.462 e. The molecule has 1 amide bonds. The Kier molecular flexibility index (Phi) is 7.04. The number of carbonyl (C=O) groups excluding carboxylic acids is 2. The number of piperazine rings is 1. The second-order valence-electron chi connectivity index (χ2n) is 9.02. The van der Waals surface area contributed by atoms with Crippen molar-refractivity contribution in [3.8, 4) is 0 Å². The summed E-state index contributed by atoms with van der Waals surface area (Å²) < 4.78 is 5.79. The Bertz CT molecular complexity index is 789. The Labute approximate surface area is 189 Å². The lowest BCUT2D eigenvalue weighted by Crippen LogP contribution is -2.47. The molecule has 3 aliphatic heterocycles. The van der Waals surface area contributed by atoms with Crippen LogP contribution < -0.4 is 10.2 Å². The standard InChI is InChI=1S/C23H33ClN4O3/c1-25-17-21(29)28-9-6-23(7-10-28)16-20(31-22(23)30)5-8-26-11-13-27(14-12-26)19-4-2-3-18(24)15-19/h2-4,15,20,25H,5-14,16-17H2,1H3/t20-/m0/s1. The zero-order chi connectivity index (χ0) is 21.8. The number of cyclic esters (lactones) is 1. The average Bonchev–Trinajstić information content (AvgIpc) is 3.08. The second kappa shape index (κ2) is 9.76. The smallest absolute Gasteiger partial charge is 0.312 e. The van der Waals surface area contributed by atoms with E-state index in [1.807, 2.05) is 23.1 Å². The van der Waals surface area contributed by atoms with E-state index in [2.05, 4.69) is 21.2 Å². The number of rotatable bonds is 6. The molecule has 3 fully saturated rings. The molecular weight excluding hydrogens is 416 g/mol. The van der Waals surface area contributed by atoms with Crippen molar-refractivity contribution in [2.24, 2.45) is 5.41 Å². The molecule has 7 nitrogen and oxygen atoms in total. The van der Waals surface area contributed by atoms with Crippen LogP contribution >= 0.6 is 11.6 Å². The lowest BCUT2D eigenvalue weighted by atomic mass is 9.75. The van der Waals surface area contributed by atoms with Gasteiger partial charge in [0.2, 0.25) is 5.91 Å². The third-order valence-electron chi connectivity index (χ3n) is 7.04. The van der Waals surface area contributed by atoms with Crippen molar-refractivity contribution in [3.05, 3.63) is 29.3 Å². The van der Waals surface area contributed by atoms with Gasteiger partial charge in [-0.2, -0.15) is 0 Å². The lowest BCUT2D eigenvalue weighted by molar-refractivity contribution is -0.152. The van der Waals surface area contributed by atoms with Gasteiger partial charge in [-0.05, 0) is 44.5 Å². The van der Waals surface area contributed by atoms with E-state index in [4.69, 9.17) is 16.3 Å². The van der Waals surface area contributed by atoms with E-state index in [9.17, 15) is 9.59 Å². The molecule has 0 saturated carbocycles. The summed E-state index contributed by atoms with van der Waals surface area (Å²) in [6.07, 6.45) is 3.11. The van der Waals surface area contributed by atoms with E-state index in [-0.39, 0.29) is 23.4 Å². The van der Waals surface area contributed by atoms with Crippen molar-refractivity contribution >= 4 is 29.2 Å². The molecule has 4 rings (SSSR count). The monoisotopic (exact) mass is 448 g/mol. The molecule has 8 heteroatoms. The summed E-state index contributed by atoms with van der Waals surface area (Å²) in [5.74, 6) is 0.0566. The van der Waals surface area contributed by atoms with Gasteiger partial charge < -0.3 is 19.9 Å². The molecule has 3 heterocycles. The zero-order valence-corrected chi connectivity index (χ0v) is 19.1. The predicted octanol–water partition coefficient (Wildman–Crippen LogP) is 2.00. The van der Waals surface area contributed by atoms with Crippen LogP contribution in [0.1, 0.15) is 25.7 Å². The van der Waals surface area contributed by atoms with Crippen molar-refractivity contribution in [1.82, 2.24) is 15.1 Å². The van der Waals surface area contributed by atoms with Crippen molar-refractivity contribution in [2.75, 3.05) is 64.3 Å². The number of hydrogen-bond donors (Lipinski definition) is 1. The van der Waals surface area contributed by atoms with Crippen LogP contribution in [0.4, 0.5) is 5.69 Å². The van der Waals surface area contributed by atoms with Gasteiger partial charge in [0.1, 0.15) is 6.10 Å². The maximum Gasteiger partial charge on any atom is 0.312 e. The number of amides is 1. The first-order valence-electron chi connectivity index (χ1n) is 11.4. The van der Waals surface area contributed by atoms with Gasteiger partial charge in [0.15, 0.2) is 0 Å². The molecule has 170 valence electrons. The highest BCUT2D eigenvalue weighted by molar-refractivity contribution is 6.30. The topological polar surface area (TPSA) is 65.1 Å². The molecule has 31 heavy (non-hydrogen) atoms. The number of likely N-dealkylation sites (N-methyl/N-ethyl adjacent to an activating group) is 1. The Morgan fingerprint density at radius 3 is 2.61 bits per heavy atom. The maximum absolute atomic E-state index is 12.7. The summed E-state index contributed by atoms with van der Waals surface area (Å²) in [4.78, 5) is 31.5. The van der Waals surface area contributed by atoms with Gasteiger partial charge in [-0.25, -0.2) is 0 Å². The second-order valence-corrected chi connectivity index (χ2v) is 9.46. The fraction of sp³-hybridized carbons (Fsp3) is 0.652. The van der Waals surface area contributed by atoms with Crippen LogP contribution in [0.15, 0.2) is 24.3 Å². The number of piperidine rings is 1. The quantitative estimate of drug-likeness (QED) is 0.671. The van der Waals surface area contributed by atoms with Crippen LogP contribution in [0.5, 0.6) is 0 Å². The Morgan fingerprint density at radius 2 is 1.94 bits per heavy atom. The SMILES string of the molecule is CNCC(=O)N1CCC2(CC1)C[C@H](CCN1CCN(c3cccc(Cl)c3)CC1)OC2=O. The minimum atomic E-state index is -0.383. The minimum absolute atomic E-state index is 0.00183. The fourth-order valence-electron chi connectivity index (χ4n) is 5.08. The van der Waals surface area contributed by atoms with E-state index in [0.717, 1.165) is 63.4 Å². The molecule has 0 radical (unpaired) electrons. The van der Waals surface area contributed by atoms with Crippen LogP contribution in [-0.2, 0) is 14.3 Å². The Morgan fingerprint density at radius 1 is 1.19 bits per heavy atom. The third-order valence-corrected chi connectivity index (χ3v) is 7.27. The minimum Gasteiger partial charge on any atom is -0.462 e. The number of nitrogens with one attached hydrogen (secondary N) is 1. The van der Waals surface area contributed by atoms with E-state index >= 15 is 0 Å². The number of hydrogen-bond acceptors (Lipinski definition) is 6. The maximum atomic E-state index is 12.7. The number of likely N-dealkylation sites (tertiary alicyclic amines) is 1. The molecular formula is C23H33ClN4O3. The van der Waals surface area contributed by atoms with Gasteiger partial charge in [-0.15, -0.1) is 0 Å². The summed E-state index contributed by atoms with van der Waals surface area (Å²) in [6.45, 7) is 6.55. The summed E-state index contributed by atoms with van der Waals surface area (Å²) in [6, 6.07) is 8.03.